The van der Waals surface area contributed by atoms with Crippen molar-refractivity contribution < 1.29 is 9.53 Å². The number of hydrogen-bond acceptors (Lipinski definition) is 5. The van der Waals surface area contributed by atoms with Gasteiger partial charge < -0.3 is 15.4 Å². The number of hydrogen-bond donors (Lipinski definition) is 2. The summed E-state index contributed by atoms with van der Waals surface area (Å²) >= 11 is 0. The van der Waals surface area contributed by atoms with Crippen LogP contribution in [0.1, 0.15) is 35.9 Å². The maximum absolute atomic E-state index is 12.5. The fourth-order valence-corrected chi connectivity index (χ4v) is 2.20. The third-order valence-electron chi connectivity index (χ3n) is 3.43. The molecule has 0 spiro atoms. The first kappa shape index (κ1) is 15.3. The predicted molar refractivity (Wildman–Crippen MR) is 89.0 cm³/mol. The molecule has 0 atom stereocenters. The zero-order valence-corrected chi connectivity index (χ0v) is 13.3. The van der Waals surface area contributed by atoms with Crippen LogP contribution in [0.25, 0.3) is 0 Å². The summed E-state index contributed by atoms with van der Waals surface area (Å²) in [4.78, 5) is 21.1. The molecule has 1 amide bonds. The number of carbonyl (C=O) groups excluding carboxylic acids is 1. The first-order valence-electron chi connectivity index (χ1n) is 7.81. The second-order valence-electron chi connectivity index (χ2n) is 5.52. The van der Waals surface area contributed by atoms with E-state index in [-0.39, 0.29) is 5.91 Å². The maximum atomic E-state index is 12.5. The van der Waals surface area contributed by atoms with Crippen molar-refractivity contribution in [1.29, 1.82) is 0 Å². The Hall–Kier alpha value is -2.63. The number of benzene rings is 1. The van der Waals surface area contributed by atoms with Crippen molar-refractivity contribution in [1.82, 2.24) is 9.97 Å². The molecule has 2 N–H and O–H groups in total. The molecule has 1 fully saturated rings. The van der Waals surface area contributed by atoms with E-state index in [2.05, 4.69) is 20.6 Å². The summed E-state index contributed by atoms with van der Waals surface area (Å²) in [6.07, 6.45) is 2.25. The van der Waals surface area contributed by atoms with E-state index in [1.807, 2.05) is 32.0 Å². The van der Waals surface area contributed by atoms with Gasteiger partial charge in [-0.2, -0.15) is 0 Å². The average Bonchev–Trinajstić information content (AvgIpc) is 3.33. The van der Waals surface area contributed by atoms with Gasteiger partial charge in [-0.1, -0.05) is 12.1 Å². The lowest BCUT2D eigenvalue weighted by Gasteiger charge is -2.12. The summed E-state index contributed by atoms with van der Waals surface area (Å²) in [5.74, 6) is 0.878. The zero-order valence-electron chi connectivity index (χ0n) is 13.3. The molecule has 1 aromatic carbocycles. The Labute approximate surface area is 135 Å². The molecule has 0 radical (unpaired) electrons. The van der Waals surface area contributed by atoms with E-state index < -0.39 is 0 Å². The minimum Gasteiger partial charge on any atom is -0.492 e. The number of anilines is 2. The van der Waals surface area contributed by atoms with Gasteiger partial charge in [0.05, 0.1) is 12.3 Å². The van der Waals surface area contributed by atoms with Crippen LogP contribution in [0.3, 0.4) is 0 Å². The van der Waals surface area contributed by atoms with Gasteiger partial charge in [0, 0.05) is 11.7 Å². The summed E-state index contributed by atoms with van der Waals surface area (Å²) in [7, 11) is 0. The molecule has 0 bridgehead atoms. The summed E-state index contributed by atoms with van der Waals surface area (Å²) in [5, 5.41) is 6.07. The molecule has 0 aliphatic heterocycles. The molecule has 1 heterocycles. The van der Waals surface area contributed by atoms with Gasteiger partial charge in [0.25, 0.3) is 5.91 Å². The summed E-state index contributed by atoms with van der Waals surface area (Å²) in [6, 6.07) is 9.46. The van der Waals surface area contributed by atoms with Crippen molar-refractivity contribution in [3.05, 3.63) is 41.7 Å². The van der Waals surface area contributed by atoms with Gasteiger partial charge in [-0.3, -0.25) is 4.79 Å². The average molecular weight is 312 g/mol. The molecular formula is C17H20N4O2. The Kier molecular flexibility index (Phi) is 4.41. The highest BCUT2D eigenvalue weighted by Gasteiger charge is 2.22. The van der Waals surface area contributed by atoms with Crippen molar-refractivity contribution in [3.63, 3.8) is 0 Å². The van der Waals surface area contributed by atoms with E-state index in [9.17, 15) is 4.79 Å². The number of amides is 1. The van der Waals surface area contributed by atoms with Gasteiger partial charge in [-0.05, 0) is 44.9 Å². The van der Waals surface area contributed by atoms with Gasteiger partial charge in [0.2, 0.25) is 5.95 Å². The molecule has 1 saturated carbocycles. The zero-order chi connectivity index (χ0) is 16.2. The van der Waals surface area contributed by atoms with Crippen molar-refractivity contribution in [2.24, 2.45) is 0 Å². The van der Waals surface area contributed by atoms with Gasteiger partial charge in [0.1, 0.15) is 11.4 Å². The van der Waals surface area contributed by atoms with E-state index in [1.165, 1.54) is 0 Å². The molecule has 1 aromatic heterocycles. The van der Waals surface area contributed by atoms with Crippen LogP contribution in [0, 0.1) is 6.92 Å². The highest BCUT2D eigenvalue weighted by atomic mass is 16.5. The smallest absolute Gasteiger partial charge is 0.274 e. The summed E-state index contributed by atoms with van der Waals surface area (Å²) in [5.41, 5.74) is 1.73. The highest BCUT2D eigenvalue weighted by Crippen LogP contribution is 2.25. The van der Waals surface area contributed by atoms with Crippen LogP contribution < -0.4 is 15.4 Å². The second-order valence-corrected chi connectivity index (χ2v) is 5.52. The second kappa shape index (κ2) is 6.64. The largest absolute Gasteiger partial charge is 0.492 e. The van der Waals surface area contributed by atoms with Crippen LogP contribution in [-0.4, -0.2) is 28.5 Å². The number of para-hydroxylation sites is 2. The fraction of sp³-hybridized carbons (Fsp3) is 0.353. The minimum atomic E-state index is -0.276. The molecule has 1 aliphatic carbocycles. The van der Waals surface area contributed by atoms with Gasteiger partial charge >= 0.3 is 0 Å². The SMILES string of the molecule is CCOc1ccccc1NC(=O)c1cc(C)nc(NC2CC2)n1. The molecule has 6 heteroatoms. The monoisotopic (exact) mass is 312 g/mol. The van der Waals surface area contributed by atoms with Crippen molar-refractivity contribution in [2.75, 3.05) is 17.2 Å². The Morgan fingerprint density at radius 2 is 2.09 bits per heavy atom. The quantitative estimate of drug-likeness (QED) is 0.857. The number of nitrogens with one attached hydrogen (secondary N) is 2. The van der Waals surface area contributed by atoms with Crippen LogP contribution in [-0.2, 0) is 0 Å². The van der Waals surface area contributed by atoms with Crippen LogP contribution in [0.15, 0.2) is 30.3 Å². The lowest BCUT2D eigenvalue weighted by Crippen LogP contribution is -2.17. The molecule has 0 saturated heterocycles. The molecule has 6 nitrogen and oxygen atoms in total. The van der Waals surface area contributed by atoms with E-state index in [0.29, 0.717) is 35.7 Å². The molecule has 23 heavy (non-hydrogen) atoms. The maximum Gasteiger partial charge on any atom is 0.274 e. The van der Waals surface area contributed by atoms with E-state index >= 15 is 0 Å². The van der Waals surface area contributed by atoms with E-state index in [4.69, 9.17) is 4.74 Å². The van der Waals surface area contributed by atoms with Gasteiger partial charge in [-0.15, -0.1) is 0 Å². The summed E-state index contributed by atoms with van der Waals surface area (Å²) < 4.78 is 5.52. The number of nitrogens with zero attached hydrogens (tertiary/aromatic N) is 2. The third-order valence-corrected chi connectivity index (χ3v) is 3.43. The lowest BCUT2D eigenvalue weighted by molar-refractivity contribution is 0.102. The lowest BCUT2D eigenvalue weighted by atomic mass is 10.2. The molecular weight excluding hydrogens is 292 g/mol. The number of aromatic nitrogens is 2. The predicted octanol–water partition coefficient (Wildman–Crippen LogP) is 3.01. The molecule has 1 aliphatic rings. The highest BCUT2D eigenvalue weighted by molar-refractivity contribution is 6.03. The molecule has 3 rings (SSSR count). The fourth-order valence-electron chi connectivity index (χ4n) is 2.20. The number of carbonyl (C=O) groups is 1. The first-order chi connectivity index (χ1) is 11.2. The first-order valence-corrected chi connectivity index (χ1v) is 7.81. The minimum absolute atomic E-state index is 0.276. The number of ether oxygens (including phenoxy) is 1. The van der Waals surface area contributed by atoms with Crippen LogP contribution in [0.4, 0.5) is 11.6 Å². The Morgan fingerprint density at radius 3 is 2.83 bits per heavy atom. The topological polar surface area (TPSA) is 76.1 Å². The number of aryl methyl sites for hydroxylation is 1. The Bertz CT molecular complexity index is 713. The molecule has 120 valence electrons. The van der Waals surface area contributed by atoms with Crippen molar-refractivity contribution in [3.8, 4) is 5.75 Å². The molecule has 2 aromatic rings. The van der Waals surface area contributed by atoms with Crippen molar-refractivity contribution >= 4 is 17.5 Å². The van der Waals surface area contributed by atoms with E-state index in [0.717, 1.165) is 18.5 Å². The number of rotatable bonds is 6. The van der Waals surface area contributed by atoms with E-state index in [1.54, 1.807) is 12.1 Å². The Morgan fingerprint density at radius 1 is 1.30 bits per heavy atom. The van der Waals surface area contributed by atoms with Crippen LogP contribution in [0.2, 0.25) is 0 Å². The Balaban J connectivity index is 1.78. The normalized spacial score (nSPS) is 13.5. The standard InChI is InChI=1S/C17H20N4O2/c1-3-23-15-7-5-4-6-13(15)20-16(22)14-10-11(2)18-17(21-14)19-12-8-9-12/h4-7,10,12H,3,8-9H2,1-2H3,(H,20,22)(H,18,19,21). The summed E-state index contributed by atoms with van der Waals surface area (Å²) in [6.45, 7) is 4.29. The van der Waals surface area contributed by atoms with Crippen molar-refractivity contribution in [2.45, 2.75) is 32.7 Å². The third kappa shape index (κ3) is 3.97. The molecule has 0 unspecified atom stereocenters. The van der Waals surface area contributed by atoms with Crippen LogP contribution in [0.5, 0.6) is 5.75 Å². The van der Waals surface area contributed by atoms with Crippen LogP contribution >= 0.6 is 0 Å². The van der Waals surface area contributed by atoms with Gasteiger partial charge in [0.15, 0.2) is 0 Å². The van der Waals surface area contributed by atoms with Gasteiger partial charge in [-0.25, -0.2) is 9.97 Å².